The zero-order valence-corrected chi connectivity index (χ0v) is 22.0. The average Bonchev–Trinajstić information content (AvgIpc) is 2.90. The number of nitrogens with one attached hydrogen (secondary N) is 1. The Kier molecular flexibility index (Phi) is 6.73. The molecule has 12 heteroatoms. The van der Waals surface area contributed by atoms with Crippen LogP contribution in [0.2, 0.25) is 0 Å². The SMILES string of the molecule is CN(C)C1C(=O)C(C(N)=O)=C(O)C2(O)C(=O)C3=C(O)c4c(O)ccc(C#Cc5ccc([NH+](O)O)cc5)c4CC3CC12. The number of phenols is 1. The third kappa shape index (κ3) is 4.19. The molecule has 1 amide bonds. The number of nitrogens with two attached hydrogens (primary N) is 1. The average molecular weight is 563 g/mol. The van der Waals surface area contributed by atoms with Crippen molar-refractivity contribution in [3.63, 3.8) is 0 Å². The highest BCUT2D eigenvalue weighted by Crippen LogP contribution is 2.52. The number of aliphatic hydroxyl groups excluding tert-OH is 2. The minimum atomic E-state index is -2.70. The number of rotatable bonds is 3. The summed E-state index contributed by atoms with van der Waals surface area (Å²) in [7, 11) is 3.07. The maximum atomic E-state index is 13.9. The van der Waals surface area contributed by atoms with Crippen LogP contribution in [-0.4, -0.2) is 79.0 Å². The summed E-state index contributed by atoms with van der Waals surface area (Å²) in [5, 5.41) is 62.1. The summed E-state index contributed by atoms with van der Waals surface area (Å²) >= 11 is 0. The molecular weight excluding hydrogens is 534 g/mol. The lowest BCUT2D eigenvalue weighted by molar-refractivity contribution is -1.19. The van der Waals surface area contributed by atoms with E-state index in [0.29, 0.717) is 16.7 Å². The fourth-order valence-electron chi connectivity index (χ4n) is 6.20. The lowest BCUT2D eigenvalue weighted by Crippen LogP contribution is -3.01. The van der Waals surface area contributed by atoms with Crippen LogP contribution in [0.3, 0.4) is 0 Å². The number of carbonyl (C=O) groups excluding carboxylic acids is 3. The molecule has 41 heavy (non-hydrogen) atoms. The van der Waals surface area contributed by atoms with E-state index in [0.717, 1.165) is 0 Å². The van der Waals surface area contributed by atoms with Crippen molar-refractivity contribution in [2.24, 2.45) is 17.6 Å². The number of amides is 1. The van der Waals surface area contributed by atoms with Gasteiger partial charge < -0.3 is 26.2 Å². The second kappa shape index (κ2) is 9.84. The molecule has 212 valence electrons. The third-order valence-electron chi connectivity index (χ3n) is 8.09. The van der Waals surface area contributed by atoms with E-state index in [1.54, 1.807) is 18.2 Å². The van der Waals surface area contributed by atoms with Gasteiger partial charge in [-0.3, -0.25) is 19.3 Å². The number of nitrogens with zero attached hydrogens (tertiary/aromatic N) is 1. The maximum Gasteiger partial charge on any atom is 0.255 e. The topological polar surface area (TPSA) is 206 Å². The monoisotopic (exact) mass is 562 g/mol. The molecule has 9 N–H and O–H groups in total. The first kappa shape index (κ1) is 28.0. The number of benzene rings is 2. The number of Topliss-reactive ketones (excluding diaryl/α,β-unsaturated/α-hetero) is 2. The van der Waals surface area contributed by atoms with E-state index in [9.17, 15) is 45.2 Å². The van der Waals surface area contributed by atoms with Crippen LogP contribution in [0, 0.1) is 23.7 Å². The zero-order valence-electron chi connectivity index (χ0n) is 22.0. The Morgan fingerprint density at radius 3 is 2.29 bits per heavy atom. The van der Waals surface area contributed by atoms with Crippen molar-refractivity contribution in [1.82, 2.24) is 4.90 Å². The number of likely N-dealkylation sites (N-methyl/N-ethyl adjacent to an activating group) is 1. The van der Waals surface area contributed by atoms with Gasteiger partial charge in [-0.1, -0.05) is 11.8 Å². The molecule has 3 aliphatic carbocycles. The van der Waals surface area contributed by atoms with Gasteiger partial charge in [0.2, 0.25) is 5.78 Å². The molecule has 2 aromatic carbocycles. The largest absolute Gasteiger partial charge is 0.508 e. The smallest absolute Gasteiger partial charge is 0.255 e. The minimum absolute atomic E-state index is 0.0309. The number of hydrogen-bond acceptors (Lipinski definition) is 10. The molecule has 0 heterocycles. The van der Waals surface area contributed by atoms with Crippen LogP contribution >= 0.6 is 0 Å². The first-order valence-electron chi connectivity index (χ1n) is 12.7. The predicted octanol–water partition coefficient (Wildman–Crippen LogP) is -0.341. The summed E-state index contributed by atoms with van der Waals surface area (Å²) < 4.78 is 0. The van der Waals surface area contributed by atoms with Gasteiger partial charge in [0.05, 0.1) is 11.6 Å². The van der Waals surface area contributed by atoms with Crippen LogP contribution in [0.25, 0.3) is 5.76 Å². The number of quaternary nitrogens is 1. The molecule has 0 radical (unpaired) electrons. The summed E-state index contributed by atoms with van der Waals surface area (Å²) in [6.07, 6.45) is 0.0795. The van der Waals surface area contributed by atoms with Crippen molar-refractivity contribution >= 4 is 28.9 Å². The van der Waals surface area contributed by atoms with Crippen LogP contribution in [0.15, 0.2) is 53.3 Å². The van der Waals surface area contributed by atoms with Crippen LogP contribution < -0.4 is 11.0 Å². The van der Waals surface area contributed by atoms with Gasteiger partial charge in [-0.25, -0.2) is 0 Å². The molecule has 1 saturated carbocycles. The Labute approximate surface area is 233 Å². The summed E-state index contributed by atoms with van der Waals surface area (Å²) in [5.41, 5.74) is 3.12. The normalized spacial score (nSPS) is 25.5. The van der Waals surface area contributed by atoms with Gasteiger partial charge in [0.15, 0.2) is 17.1 Å². The molecule has 0 bridgehead atoms. The number of primary amides is 1. The molecule has 4 atom stereocenters. The molecule has 4 unspecified atom stereocenters. The van der Waals surface area contributed by atoms with Crippen molar-refractivity contribution in [3.8, 4) is 17.6 Å². The van der Waals surface area contributed by atoms with Gasteiger partial charge in [0.25, 0.3) is 5.91 Å². The number of phenolic OH excluding ortho intramolecular Hbond substituents is 1. The highest BCUT2D eigenvalue weighted by Gasteiger charge is 2.64. The van der Waals surface area contributed by atoms with E-state index in [-0.39, 0.29) is 35.4 Å². The summed E-state index contributed by atoms with van der Waals surface area (Å²) in [6.45, 7) is 0. The first-order chi connectivity index (χ1) is 19.3. The molecule has 0 aromatic heterocycles. The van der Waals surface area contributed by atoms with Crippen molar-refractivity contribution in [3.05, 3.63) is 75.6 Å². The lowest BCUT2D eigenvalue weighted by Gasteiger charge is -2.50. The zero-order chi connectivity index (χ0) is 30.0. The number of hydrogen-bond donors (Lipinski definition) is 8. The molecule has 2 aromatic rings. The second-order valence-corrected chi connectivity index (χ2v) is 10.6. The van der Waals surface area contributed by atoms with Crippen molar-refractivity contribution < 1.29 is 50.5 Å². The maximum absolute atomic E-state index is 13.9. The van der Waals surface area contributed by atoms with Crippen molar-refractivity contribution in [2.75, 3.05) is 14.1 Å². The number of ketones is 2. The molecule has 0 spiro atoms. The van der Waals surface area contributed by atoms with Crippen molar-refractivity contribution in [1.29, 1.82) is 0 Å². The van der Waals surface area contributed by atoms with Crippen LogP contribution in [0.4, 0.5) is 5.69 Å². The van der Waals surface area contributed by atoms with Gasteiger partial charge >= 0.3 is 0 Å². The first-order valence-corrected chi connectivity index (χ1v) is 12.7. The number of aliphatic hydroxyl groups is 3. The Morgan fingerprint density at radius 1 is 1.05 bits per heavy atom. The molecule has 5 rings (SSSR count). The highest BCUT2D eigenvalue weighted by atomic mass is 16.8. The van der Waals surface area contributed by atoms with Crippen molar-refractivity contribution in [2.45, 2.75) is 24.5 Å². The van der Waals surface area contributed by atoms with E-state index in [1.807, 2.05) is 0 Å². The Balaban J connectivity index is 1.64. The van der Waals surface area contributed by atoms with E-state index in [2.05, 4.69) is 11.8 Å². The van der Waals surface area contributed by atoms with Crippen LogP contribution in [0.5, 0.6) is 5.75 Å². The fraction of sp³-hybridized carbons (Fsp3) is 0.276. The lowest BCUT2D eigenvalue weighted by atomic mass is 9.57. The highest BCUT2D eigenvalue weighted by molar-refractivity contribution is 6.24. The molecule has 1 fully saturated rings. The predicted molar refractivity (Wildman–Crippen MR) is 141 cm³/mol. The minimum Gasteiger partial charge on any atom is -0.508 e. The number of carbonyl (C=O) groups is 3. The Hall–Kier alpha value is -4.51. The summed E-state index contributed by atoms with van der Waals surface area (Å²) in [6, 6.07) is 7.80. The molecule has 12 nitrogen and oxygen atoms in total. The standard InChI is InChI=1S/C29H27N3O9/c1-31(2)23-18-12-15-11-17-14(6-3-13-4-8-16(9-5-13)32(40)41)7-10-19(33)21(17)24(34)20(15)26(36)29(18,39)27(37)22(25(23)35)28(30)38/h4-5,7-10,15,18,23,33-34,37,39-41H,11-12H2,1-2H3,(H2,30,38)/p+1. The van der Waals surface area contributed by atoms with Gasteiger partial charge in [0, 0.05) is 34.8 Å². The molecule has 0 aliphatic heterocycles. The molecular formula is C29H28N3O9+. The van der Waals surface area contributed by atoms with E-state index < -0.39 is 63.3 Å². The van der Waals surface area contributed by atoms with Crippen LogP contribution in [-0.2, 0) is 20.8 Å². The third-order valence-corrected chi connectivity index (χ3v) is 8.09. The molecule has 3 aliphatic rings. The van der Waals surface area contributed by atoms with Crippen LogP contribution in [0.1, 0.15) is 28.7 Å². The van der Waals surface area contributed by atoms with Gasteiger partial charge in [0.1, 0.15) is 22.8 Å². The van der Waals surface area contributed by atoms with E-state index >= 15 is 0 Å². The Morgan fingerprint density at radius 2 is 1.71 bits per heavy atom. The van der Waals surface area contributed by atoms with Gasteiger partial charge in [-0.05, 0) is 67.9 Å². The van der Waals surface area contributed by atoms with Gasteiger partial charge in [-0.2, -0.15) is 10.4 Å². The quantitative estimate of drug-likeness (QED) is 0.139. The number of fused-ring (bicyclic) bond motifs is 3. The van der Waals surface area contributed by atoms with Gasteiger partial charge in [-0.15, -0.1) is 0 Å². The molecule has 0 saturated heterocycles. The second-order valence-electron chi connectivity index (χ2n) is 10.6. The summed E-state index contributed by atoms with van der Waals surface area (Å²) in [4.78, 5) is 40.6. The number of aromatic hydroxyl groups is 1. The van der Waals surface area contributed by atoms with E-state index in [1.165, 1.54) is 37.2 Å². The summed E-state index contributed by atoms with van der Waals surface area (Å²) in [5.74, 6) is -1.23. The Bertz CT molecular complexity index is 1630. The van der Waals surface area contributed by atoms with E-state index in [4.69, 9.17) is 5.73 Å². The fourth-order valence-corrected chi connectivity index (χ4v) is 6.20.